The number of ether oxygens (including phenoxy) is 1. The molecule has 4 rings (SSSR count). The van der Waals surface area contributed by atoms with Gasteiger partial charge in [-0.1, -0.05) is 43.8 Å². The van der Waals surface area contributed by atoms with Gasteiger partial charge in [0.1, 0.15) is 11.6 Å². The fourth-order valence-corrected chi connectivity index (χ4v) is 4.29. The van der Waals surface area contributed by atoms with Gasteiger partial charge in [-0.3, -0.25) is 4.90 Å². The van der Waals surface area contributed by atoms with Gasteiger partial charge in [-0.2, -0.15) is 0 Å². The van der Waals surface area contributed by atoms with Crippen LogP contribution >= 0.6 is 0 Å². The van der Waals surface area contributed by atoms with E-state index in [1.807, 2.05) is 42.0 Å². The second kappa shape index (κ2) is 10.4. The Morgan fingerprint density at radius 1 is 1.29 bits per heavy atom. The van der Waals surface area contributed by atoms with Crippen LogP contribution in [0.3, 0.4) is 0 Å². The molecule has 1 aliphatic rings. The molecule has 1 fully saturated rings. The summed E-state index contributed by atoms with van der Waals surface area (Å²) in [4.78, 5) is 11.6. The normalized spacial score (nSPS) is 18.9. The van der Waals surface area contributed by atoms with Crippen LogP contribution < -0.4 is 15.8 Å². The van der Waals surface area contributed by atoms with E-state index in [9.17, 15) is 0 Å². The van der Waals surface area contributed by atoms with Crippen LogP contribution in [0, 0.1) is 6.92 Å². The lowest BCUT2D eigenvalue weighted by molar-refractivity contribution is 0.299. The largest absolute Gasteiger partial charge is 0.494 e. The minimum atomic E-state index is 0.115. The zero-order valence-corrected chi connectivity index (χ0v) is 20.0. The molecule has 1 saturated heterocycles. The molecule has 0 radical (unpaired) electrons. The number of nitrogens with zero attached hydrogens (tertiary/aromatic N) is 4. The molecule has 7 nitrogen and oxygen atoms in total. The molecule has 0 aliphatic carbocycles. The lowest BCUT2D eigenvalue weighted by Gasteiger charge is -2.35. The first-order chi connectivity index (χ1) is 16.5. The summed E-state index contributed by atoms with van der Waals surface area (Å²) in [6, 6.07) is 16.3. The number of aryl methyl sites for hydroxylation is 1. The third-order valence-electron chi connectivity index (χ3n) is 6.06. The maximum absolute atomic E-state index is 6.05. The van der Waals surface area contributed by atoms with Crippen LogP contribution in [0.25, 0.3) is 5.69 Å². The average Bonchev–Trinajstić information content (AvgIpc) is 3.30. The predicted molar refractivity (Wildman–Crippen MR) is 139 cm³/mol. The van der Waals surface area contributed by atoms with Crippen LogP contribution in [-0.4, -0.2) is 46.9 Å². The number of rotatable bonds is 7. The fourth-order valence-electron chi connectivity index (χ4n) is 4.29. The molecule has 176 valence electrons. The Hall–Kier alpha value is -3.84. The van der Waals surface area contributed by atoms with Gasteiger partial charge in [-0.25, -0.2) is 9.98 Å². The maximum Gasteiger partial charge on any atom is 0.144 e. The van der Waals surface area contributed by atoms with Gasteiger partial charge in [0, 0.05) is 48.7 Å². The molecule has 2 heterocycles. The Morgan fingerprint density at radius 3 is 2.74 bits per heavy atom. The molecular formula is C27H32N6O. The fraction of sp³-hybridized carbons (Fsp3) is 0.259. The molecule has 2 aromatic carbocycles. The van der Waals surface area contributed by atoms with Crippen molar-refractivity contribution < 1.29 is 4.74 Å². The highest BCUT2D eigenvalue weighted by Crippen LogP contribution is 2.30. The predicted octanol–water partition coefficient (Wildman–Crippen LogP) is 4.48. The lowest BCUT2D eigenvalue weighted by Crippen LogP contribution is -2.41. The second-order valence-electron chi connectivity index (χ2n) is 8.36. The Labute approximate surface area is 201 Å². The third-order valence-corrected chi connectivity index (χ3v) is 6.06. The minimum Gasteiger partial charge on any atom is -0.494 e. The Balaban J connectivity index is 1.61. The number of likely N-dealkylation sites (N-methyl/N-ethyl adjacent to an activating group) is 1. The van der Waals surface area contributed by atoms with E-state index >= 15 is 0 Å². The molecule has 1 aliphatic heterocycles. The lowest BCUT2D eigenvalue weighted by atomic mass is 9.86. The van der Waals surface area contributed by atoms with Gasteiger partial charge in [-0.15, -0.1) is 0 Å². The molecule has 34 heavy (non-hydrogen) atoms. The van der Waals surface area contributed by atoms with Gasteiger partial charge >= 0.3 is 0 Å². The van der Waals surface area contributed by atoms with E-state index in [1.54, 1.807) is 19.6 Å². The Kier molecular flexibility index (Phi) is 7.13. The van der Waals surface area contributed by atoms with E-state index in [-0.39, 0.29) is 5.92 Å². The van der Waals surface area contributed by atoms with Crippen LogP contribution in [0.15, 0.2) is 90.2 Å². The number of hydrogen-bond acceptors (Lipinski definition) is 6. The number of hydrogen-bond donors (Lipinski definition) is 2. The highest BCUT2D eigenvalue weighted by Gasteiger charge is 2.30. The highest BCUT2D eigenvalue weighted by molar-refractivity contribution is 6.06. The van der Waals surface area contributed by atoms with E-state index in [1.165, 1.54) is 5.56 Å². The van der Waals surface area contributed by atoms with Crippen molar-refractivity contribution in [1.82, 2.24) is 14.5 Å². The summed E-state index contributed by atoms with van der Waals surface area (Å²) in [6.45, 7) is 10.9. The number of methoxy groups -OCH3 is 1. The quantitative estimate of drug-likeness (QED) is 0.548. The molecule has 0 saturated carbocycles. The van der Waals surface area contributed by atoms with E-state index in [4.69, 9.17) is 15.5 Å². The van der Waals surface area contributed by atoms with Gasteiger partial charge in [0.15, 0.2) is 0 Å². The molecule has 0 amide bonds. The monoisotopic (exact) mass is 456 g/mol. The Morgan fingerprint density at radius 2 is 2.09 bits per heavy atom. The molecular weight excluding hydrogens is 424 g/mol. The van der Waals surface area contributed by atoms with E-state index in [2.05, 4.69) is 53.0 Å². The van der Waals surface area contributed by atoms with E-state index in [0.29, 0.717) is 5.82 Å². The number of anilines is 1. The first-order valence-electron chi connectivity index (χ1n) is 11.4. The van der Waals surface area contributed by atoms with Gasteiger partial charge < -0.3 is 20.4 Å². The second-order valence-corrected chi connectivity index (χ2v) is 8.36. The molecule has 3 N–H and O–H groups in total. The van der Waals surface area contributed by atoms with Crippen molar-refractivity contribution in [2.45, 2.75) is 19.8 Å². The number of nitrogens with two attached hydrogens (primary N) is 1. The van der Waals surface area contributed by atoms with Crippen LogP contribution in [0.1, 0.15) is 24.1 Å². The van der Waals surface area contributed by atoms with Crippen LogP contribution in [0.5, 0.6) is 5.75 Å². The summed E-state index contributed by atoms with van der Waals surface area (Å²) in [6.07, 6.45) is 5.41. The van der Waals surface area contributed by atoms with Crippen LogP contribution in [0.2, 0.25) is 0 Å². The van der Waals surface area contributed by atoms with Crippen molar-refractivity contribution in [2.75, 3.05) is 32.1 Å². The SMILES string of the molecule is C=C(N=C1/C(=C\N)CN(CC)CC1c1ccccc1)Nc1ccc(-n2cnc(C)c2)c(OC)c1. The first-order valence-corrected chi connectivity index (χ1v) is 11.4. The Bertz CT molecular complexity index is 1210. The molecule has 7 heteroatoms. The molecule has 0 bridgehead atoms. The summed E-state index contributed by atoms with van der Waals surface area (Å²) >= 11 is 0. The van der Waals surface area contributed by atoms with Gasteiger partial charge in [0.25, 0.3) is 0 Å². The number of likely N-dealkylation sites (tertiary alicyclic amines) is 1. The highest BCUT2D eigenvalue weighted by atomic mass is 16.5. The number of imidazole rings is 1. The van der Waals surface area contributed by atoms with E-state index < -0.39 is 0 Å². The summed E-state index contributed by atoms with van der Waals surface area (Å²) < 4.78 is 7.57. The number of aliphatic imine (C=N–C) groups is 1. The topological polar surface area (TPSA) is 80.7 Å². The van der Waals surface area contributed by atoms with Crippen molar-refractivity contribution in [3.8, 4) is 11.4 Å². The van der Waals surface area contributed by atoms with Crippen molar-refractivity contribution in [2.24, 2.45) is 10.7 Å². The summed E-state index contributed by atoms with van der Waals surface area (Å²) in [5.74, 6) is 1.39. The van der Waals surface area contributed by atoms with Gasteiger partial charge in [-0.05, 0) is 31.2 Å². The van der Waals surface area contributed by atoms with Crippen LogP contribution in [0.4, 0.5) is 5.69 Å². The van der Waals surface area contributed by atoms with Crippen molar-refractivity contribution in [3.63, 3.8) is 0 Å². The smallest absolute Gasteiger partial charge is 0.144 e. The standard InChI is InChI=1S/C27H32N6O/c1-5-32-16-22(14-28)27(24(17-32)21-9-7-6-8-10-21)31-20(3)30-23-11-12-25(26(13-23)34-4)33-15-19(2)29-18-33/h6-15,18,24,30H,3,5,16-17,28H2,1-2,4H3/b22-14-,31-27?. The molecule has 0 spiro atoms. The minimum absolute atomic E-state index is 0.115. The van der Waals surface area contributed by atoms with Crippen molar-refractivity contribution in [3.05, 3.63) is 96.5 Å². The van der Waals surface area contributed by atoms with Crippen molar-refractivity contribution in [1.29, 1.82) is 0 Å². The number of benzene rings is 2. The van der Waals surface area contributed by atoms with Crippen LogP contribution in [-0.2, 0) is 0 Å². The molecule has 1 atom stereocenters. The zero-order valence-electron chi connectivity index (χ0n) is 20.0. The summed E-state index contributed by atoms with van der Waals surface area (Å²) in [5, 5.41) is 3.32. The average molecular weight is 457 g/mol. The molecule has 3 aromatic rings. The summed E-state index contributed by atoms with van der Waals surface area (Å²) in [7, 11) is 1.66. The first kappa shape index (κ1) is 23.3. The molecule has 1 aromatic heterocycles. The third kappa shape index (κ3) is 5.05. The van der Waals surface area contributed by atoms with Gasteiger partial charge in [0.2, 0.25) is 0 Å². The van der Waals surface area contributed by atoms with E-state index in [0.717, 1.165) is 53.7 Å². The van der Waals surface area contributed by atoms with Gasteiger partial charge in [0.05, 0.1) is 30.5 Å². The summed E-state index contributed by atoms with van der Waals surface area (Å²) in [5.41, 5.74) is 11.9. The number of nitrogens with one attached hydrogen (secondary N) is 1. The maximum atomic E-state index is 6.05. The molecule has 1 unspecified atom stereocenters. The number of aromatic nitrogens is 2. The number of piperidine rings is 1. The van der Waals surface area contributed by atoms with Crippen molar-refractivity contribution >= 4 is 11.4 Å². The zero-order chi connectivity index (χ0) is 24.1.